The molecule has 136 valence electrons. The van der Waals surface area contributed by atoms with Crippen molar-refractivity contribution in [2.45, 2.75) is 26.2 Å². The van der Waals surface area contributed by atoms with E-state index in [0.29, 0.717) is 17.2 Å². The van der Waals surface area contributed by atoms with Gasteiger partial charge in [-0.15, -0.1) is 0 Å². The van der Waals surface area contributed by atoms with Crippen molar-refractivity contribution >= 4 is 12.1 Å². The minimum atomic E-state index is -0.322. The standard InChI is InChI=1S/C20H22N2O4/c1-2-3-4-15-5-8-17(9-6-15)24-13-20(23)22-21-12-16-7-10-18-19(11-16)26-14-25-18/h5-12H,2-4,13-14H2,1H3,(H,22,23). The summed E-state index contributed by atoms with van der Waals surface area (Å²) in [6, 6.07) is 13.3. The molecule has 0 aromatic heterocycles. The zero-order valence-electron chi connectivity index (χ0n) is 14.7. The first-order valence-corrected chi connectivity index (χ1v) is 8.68. The van der Waals surface area contributed by atoms with E-state index in [4.69, 9.17) is 14.2 Å². The number of carbonyl (C=O) groups is 1. The van der Waals surface area contributed by atoms with Gasteiger partial charge in [0.2, 0.25) is 6.79 Å². The molecule has 0 atom stereocenters. The number of hydrogen-bond donors (Lipinski definition) is 1. The molecule has 3 rings (SSSR count). The van der Waals surface area contributed by atoms with E-state index in [1.165, 1.54) is 18.4 Å². The number of fused-ring (bicyclic) bond motifs is 1. The van der Waals surface area contributed by atoms with Crippen LogP contribution in [0.15, 0.2) is 47.6 Å². The Morgan fingerprint density at radius 1 is 1.19 bits per heavy atom. The molecule has 6 nitrogen and oxygen atoms in total. The summed E-state index contributed by atoms with van der Waals surface area (Å²) in [5.41, 5.74) is 4.52. The molecule has 0 aliphatic carbocycles. The highest BCUT2D eigenvalue weighted by Gasteiger charge is 2.12. The van der Waals surface area contributed by atoms with Crippen molar-refractivity contribution in [3.05, 3.63) is 53.6 Å². The topological polar surface area (TPSA) is 69.2 Å². The molecule has 0 radical (unpaired) electrons. The molecule has 0 saturated heterocycles. The number of hydrazone groups is 1. The predicted molar refractivity (Wildman–Crippen MR) is 98.9 cm³/mol. The van der Waals surface area contributed by atoms with Gasteiger partial charge in [-0.2, -0.15) is 5.10 Å². The number of aryl methyl sites for hydroxylation is 1. The third-order valence-corrected chi connectivity index (χ3v) is 3.91. The van der Waals surface area contributed by atoms with Crippen molar-refractivity contribution < 1.29 is 19.0 Å². The van der Waals surface area contributed by atoms with Crippen molar-refractivity contribution in [1.82, 2.24) is 5.43 Å². The molecule has 1 amide bonds. The average molecular weight is 354 g/mol. The van der Waals surface area contributed by atoms with Crippen LogP contribution in [0.3, 0.4) is 0 Å². The third kappa shape index (κ3) is 4.99. The first kappa shape index (κ1) is 17.8. The maximum atomic E-state index is 11.8. The zero-order valence-corrected chi connectivity index (χ0v) is 14.7. The summed E-state index contributed by atoms with van der Waals surface area (Å²) in [5.74, 6) is 1.73. The van der Waals surface area contributed by atoms with Crippen molar-refractivity contribution in [1.29, 1.82) is 0 Å². The van der Waals surface area contributed by atoms with Gasteiger partial charge in [0.1, 0.15) is 5.75 Å². The second-order valence-electron chi connectivity index (χ2n) is 5.94. The van der Waals surface area contributed by atoms with Gasteiger partial charge in [0.15, 0.2) is 18.1 Å². The lowest BCUT2D eigenvalue weighted by atomic mass is 10.1. The summed E-state index contributed by atoms with van der Waals surface area (Å²) in [4.78, 5) is 11.8. The first-order valence-electron chi connectivity index (χ1n) is 8.68. The van der Waals surface area contributed by atoms with Crippen LogP contribution in [0.25, 0.3) is 0 Å². The van der Waals surface area contributed by atoms with E-state index in [1.807, 2.05) is 30.3 Å². The number of nitrogens with one attached hydrogen (secondary N) is 1. The zero-order chi connectivity index (χ0) is 18.2. The Kier molecular flexibility index (Phi) is 6.09. The summed E-state index contributed by atoms with van der Waals surface area (Å²) < 4.78 is 16.0. The van der Waals surface area contributed by atoms with E-state index in [1.54, 1.807) is 18.3 Å². The van der Waals surface area contributed by atoms with Crippen molar-refractivity contribution in [2.75, 3.05) is 13.4 Å². The Labute approximate surface area is 152 Å². The lowest BCUT2D eigenvalue weighted by molar-refractivity contribution is -0.123. The van der Waals surface area contributed by atoms with Crippen LogP contribution in [0.2, 0.25) is 0 Å². The number of carbonyl (C=O) groups excluding carboxylic acids is 1. The van der Waals surface area contributed by atoms with Crippen LogP contribution in [0, 0.1) is 0 Å². The largest absolute Gasteiger partial charge is 0.484 e. The van der Waals surface area contributed by atoms with E-state index in [9.17, 15) is 4.79 Å². The Morgan fingerprint density at radius 3 is 2.81 bits per heavy atom. The molecule has 26 heavy (non-hydrogen) atoms. The van der Waals surface area contributed by atoms with E-state index < -0.39 is 0 Å². The maximum absolute atomic E-state index is 11.8. The van der Waals surface area contributed by atoms with Gasteiger partial charge in [0.25, 0.3) is 5.91 Å². The van der Waals surface area contributed by atoms with Crippen LogP contribution >= 0.6 is 0 Å². The number of amides is 1. The van der Waals surface area contributed by atoms with Crippen molar-refractivity contribution in [2.24, 2.45) is 5.10 Å². The maximum Gasteiger partial charge on any atom is 0.277 e. The van der Waals surface area contributed by atoms with Crippen LogP contribution < -0.4 is 19.6 Å². The van der Waals surface area contributed by atoms with Crippen LogP contribution in [-0.2, 0) is 11.2 Å². The summed E-state index contributed by atoms with van der Waals surface area (Å²) >= 11 is 0. The molecule has 0 unspecified atom stereocenters. The van der Waals surface area contributed by atoms with Gasteiger partial charge in [0.05, 0.1) is 6.21 Å². The van der Waals surface area contributed by atoms with Gasteiger partial charge in [0, 0.05) is 0 Å². The third-order valence-electron chi connectivity index (χ3n) is 3.91. The Morgan fingerprint density at radius 2 is 2.00 bits per heavy atom. The summed E-state index contributed by atoms with van der Waals surface area (Å²) in [6.45, 7) is 2.31. The molecule has 1 aliphatic heterocycles. The predicted octanol–water partition coefficient (Wildman–Crippen LogP) is 3.29. The lowest BCUT2D eigenvalue weighted by Crippen LogP contribution is -2.24. The van der Waals surface area contributed by atoms with Gasteiger partial charge in [-0.25, -0.2) is 5.43 Å². The molecule has 0 spiro atoms. The molecule has 2 aromatic rings. The first-order chi connectivity index (χ1) is 12.7. The summed E-state index contributed by atoms with van der Waals surface area (Å²) in [7, 11) is 0. The molecule has 6 heteroatoms. The van der Waals surface area contributed by atoms with Crippen LogP contribution in [0.4, 0.5) is 0 Å². The SMILES string of the molecule is CCCCc1ccc(OCC(=O)NN=Cc2ccc3c(c2)OCO3)cc1. The quantitative estimate of drug-likeness (QED) is 0.583. The second kappa shape index (κ2) is 8.89. The van der Waals surface area contributed by atoms with Crippen LogP contribution in [-0.4, -0.2) is 25.5 Å². The summed E-state index contributed by atoms with van der Waals surface area (Å²) in [6.07, 6.45) is 4.95. The number of benzene rings is 2. The molecule has 0 fully saturated rings. The molecule has 1 N–H and O–H groups in total. The highest BCUT2D eigenvalue weighted by atomic mass is 16.7. The number of ether oxygens (including phenoxy) is 3. The molecule has 1 heterocycles. The van der Waals surface area contributed by atoms with E-state index in [-0.39, 0.29) is 19.3 Å². The highest BCUT2D eigenvalue weighted by molar-refractivity contribution is 5.83. The fourth-order valence-electron chi connectivity index (χ4n) is 2.49. The lowest BCUT2D eigenvalue weighted by Gasteiger charge is -2.06. The number of nitrogens with zero attached hydrogens (tertiary/aromatic N) is 1. The number of hydrogen-bond acceptors (Lipinski definition) is 5. The van der Waals surface area contributed by atoms with Crippen LogP contribution in [0.5, 0.6) is 17.2 Å². The van der Waals surface area contributed by atoms with E-state index in [2.05, 4.69) is 17.5 Å². The fraction of sp³-hybridized carbons (Fsp3) is 0.300. The Bertz CT molecular complexity index is 772. The van der Waals surface area contributed by atoms with Crippen molar-refractivity contribution in [3.8, 4) is 17.2 Å². The van der Waals surface area contributed by atoms with Gasteiger partial charge < -0.3 is 14.2 Å². The van der Waals surface area contributed by atoms with E-state index >= 15 is 0 Å². The Balaban J connectivity index is 1.42. The molecule has 0 bridgehead atoms. The molecular formula is C20H22N2O4. The van der Waals surface area contributed by atoms with Crippen LogP contribution in [0.1, 0.15) is 30.9 Å². The molecule has 1 aliphatic rings. The van der Waals surface area contributed by atoms with Gasteiger partial charge in [-0.1, -0.05) is 25.5 Å². The average Bonchev–Trinajstić information content (AvgIpc) is 3.13. The minimum absolute atomic E-state index is 0.0905. The minimum Gasteiger partial charge on any atom is -0.484 e. The molecular weight excluding hydrogens is 332 g/mol. The smallest absolute Gasteiger partial charge is 0.277 e. The van der Waals surface area contributed by atoms with E-state index in [0.717, 1.165) is 12.0 Å². The Hall–Kier alpha value is -3.02. The molecule has 2 aromatic carbocycles. The van der Waals surface area contributed by atoms with Gasteiger partial charge in [-0.3, -0.25) is 4.79 Å². The van der Waals surface area contributed by atoms with Gasteiger partial charge >= 0.3 is 0 Å². The number of unbranched alkanes of at least 4 members (excludes halogenated alkanes) is 1. The number of rotatable bonds is 8. The molecule has 0 saturated carbocycles. The van der Waals surface area contributed by atoms with Crippen molar-refractivity contribution in [3.63, 3.8) is 0 Å². The highest BCUT2D eigenvalue weighted by Crippen LogP contribution is 2.31. The normalized spacial score (nSPS) is 12.3. The summed E-state index contributed by atoms with van der Waals surface area (Å²) in [5, 5.41) is 3.93. The fourth-order valence-corrected chi connectivity index (χ4v) is 2.49. The second-order valence-corrected chi connectivity index (χ2v) is 5.94. The van der Waals surface area contributed by atoms with Gasteiger partial charge in [-0.05, 0) is 54.3 Å². The monoisotopic (exact) mass is 354 g/mol.